The van der Waals surface area contributed by atoms with Crippen molar-refractivity contribution in [3.8, 4) is 6.07 Å². The van der Waals surface area contributed by atoms with Gasteiger partial charge in [-0.2, -0.15) is 10.2 Å². The molecule has 0 amide bonds. The second-order valence-corrected chi connectivity index (χ2v) is 19.5. The highest BCUT2D eigenvalue weighted by atomic mass is 35.5. The predicted molar refractivity (Wildman–Crippen MR) is 177 cm³/mol. The lowest BCUT2D eigenvalue weighted by atomic mass is 10.1. The Bertz CT molecular complexity index is 1580. The van der Waals surface area contributed by atoms with Gasteiger partial charge in [-0.25, -0.2) is 9.50 Å². The Hall–Kier alpha value is -1.69. The van der Waals surface area contributed by atoms with Crippen LogP contribution in [0.4, 0.5) is 5.82 Å². The van der Waals surface area contributed by atoms with Crippen molar-refractivity contribution < 1.29 is 41.4 Å². The number of rotatable bonds is 13. The van der Waals surface area contributed by atoms with E-state index in [0.717, 1.165) is 25.7 Å². The van der Waals surface area contributed by atoms with E-state index in [1.807, 2.05) is 6.07 Å². The van der Waals surface area contributed by atoms with Gasteiger partial charge in [0.05, 0.1) is 48.8 Å². The zero-order valence-electron chi connectivity index (χ0n) is 28.8. The molecule has 2 aromatic heterocycles. The third-order valence-corrected chi connectivity index (χ3v) is 13.3. The summed E-state index contributed by atoms with van der Waals surface area (Å²) < 4.78 is 72.4. The maximum absolute atomic E-state index is 14.3. The van der Waals surface area contributed by atoms with Gasteiger partial charge in [-0.1, -0.05) is 12.8 Å². The Labute approximate surface area is 286 Å². The van der Waals surface area contributed by atoms with Gasteiger partial charge in [-0.15, -0.1) is 5.10 Å². The molecule has 0 aromatic carbocycles. The fraction of sp³-hybridized carbons (Fsp3) is 0.800. The molecule has 3 fully saturated rings. The van der Waals surface area contributed by atoms with Crippen molar-refractivity contribution in [3.63, 3.8) is 0 Å². The average molecular weight is 733 g/mol. The normalized spacial score (nSPS) is 26.1. The molecule has 268 valence electrons. The summed E-state index contributed by atoms with van der Waals surface area (Å²) in [6, 6.07) is 2.22. The highest BCUT2D eigenvalue weighted by Gasteiger charge is 2.57. The quantitative estimate of drug-likeness (QED) is 0.164. The Balaban J connectivity index is 1.41. The number of fused-ring (bicyclic) bond motifs is 2. The molecule has 3 aliphatic rings. The van der Waals surface area contributed by atoms with Crippen molar-refractivity contribution in [2.24, 2.45) is 0 Å². The van der Waals surface area contributed by atoms with E-state index in [9.17, 15) is 9.13 Å². The fourth-order valence-electron chi connectivity index (χ4n) is 6.14. The molecule has 2 saturated heterocycles. The molecule has 0 radical (unpaired) electrons. The van der Waals surface area contributed by atoms with Crippen molar-refractivity contribution in [2.45, 2.75) is 135 Å². The van der Waals surface area contributed by atoms with E-state index < -0.39 is 62.5 Å². The fourth-order valence-corrected chi connectivity index (χ4v) is 11.6. The third kappa shape index (κ3) is 9.34. The number of hydrogen-bond donors (Lipinski definition) is 1. The number of halogens is 1. The Kier molecular flexibility index (Phi) is 11.1. The minimum absolute atomic E-state index is 0.0374. The van der Waals surface area contributed by atoms with E-state index in [1.54, 1.807) is 66.1 Å². The van der Waals surface area contributed by atoms with Crippen LogP contribution in [0.2, 0.25) is 5.28 Å². The highest BCUT2D eigenvalue weighted by Crippen LogP contribution is 2.67. The number of imidazole rings is 1. The molecule has 2 aromatic rings. The third-order valence-electron chi connectivity index (χ3n) is 7.61. The van der Waals surface area contributed by atoms with Crippen molar-refractivity contribution in [1.29, 1.82) is 5.26 Å². The SMILES string of the molecule is CC(C)(C)OP(=O)(CP(=O)(OCCC#N)OC[C@H]1O[C@@H](c2cnc3c(NC4CCCC4)nc(Cl)nn23)[C@@H]2OC(C)(C)O[C@@H]21)OC(C)(C)C. The topological polar surface area (TPSA) is 178 Å². The van der Waals surface area contributed by atoms with Crippen LogP contribution in [0, 0.1) is 11.3 Å². The van der Waals surface area contributed by atoms with Gasteiger partial charge in [0, 0.05) is 6.04 Å². The molecule has 0 bridgehead atoms. The summed E-state index contributed by atoms with van der Waals surface area (Å²) in [5.74, 6) is -1.12. The predicted octanol–water partition coefficient (Wildman–Crippen LogP) is 7.01. The van der Waals surface area contributed by atoms with Crippen LogP contribution in [0.15, 0.2) is 6.20 Å². The number of aromatic nitrogens is 4. The molecule has 48 heavy (non-hydrogen) atoms. The second-order valence-electron chi connectivity index (χ2n) is 14.7. The lowest BCUT2D eigenvalue weighted by Gasteiger charge is -2.33. The summed E-state index contributed by atoms with van der Waals surface area (Å²) in [4.78, 5) is 9.01. The van der Waals surface area contributed by atoms with Crippen LogP contribution in [0.25, 0.3) is 5.65 Å². The molecule has 4 heterocycles. The summed E-state index contributed by atoms with van der Waals surface area (Å²) in [6.45, 7) is 13.4. The second kappa shape index (κ2) is 14.1. The maximum Gasteiger partial charge on any atom is 0.343 e. The van der Waals surface area contributed by atoms with Crippen LogP contribution in [-0.4, -0.2) is 80.0 Å². The summed E-state index contributed by atoms with van der Waals surface area (Å²) in [5, 5.41) is 17.0. The molecular weight excluding hydrogens is 686 g/mol. The molecular formula is C30H47ClN6O9P2. The minimum Gasteiger partial charge on any atom is -0.364 e. The number of ether oxygens (including phenoxy) is 3. The molecule has 1 saturated carbocycles. The van der Waals surface area contributed by atoms with Crippen molar-refractivity contribution in [2.75, 3.05) is 24.4 Å². The summed E-state index contributed by atoms with van der Waals surface area (Å²) in [6.07, 6.45) is 3.11. The van der Waals surface area contributed by atoms with E-state index in [1.165, 1.54) is 0 Å². The molecule has 0 spiro atoms. The minimum atomic E-state index is -4.22. The van der Waals surface area contributed by atoms with Crippen LogP contribution < -0.4 is 5.32 Å². The first-order valence-corrected chi connectivity index (χ1v) is 20.1. The largest absolute Gasteiger partial charge is 0.364 e. The molecule has 15 nitrogen and oxygen atoms in total. The molecule has 18 heteroatoms. The summed E-state index contributed by atoms with van der Waals surface area (Å²) >= 11 is 6.38. The monoisotopic (exact) mass is 732 g/mol. The van der Waals surface area contributed by atoms with Gasteiger partial charge in [-0.3, -0.25) is 9.13 Å². The van der Waals surface area contributed by atoms with Gasteiger partial charge < -0.3 is 37.6 Å². The molecule has 5 atom stereocenters. The van der Waals surface area contributed by atoms with Crippen molar-refractivity contribution >= 4 is 38.3 Å². The Morgan fingerprint density at radius 1 is 1.06 bits per heavy atom. The van der Waals surface area contributed by atoms with Gasteiger partial charge >= 0.3 is 15.2 Å². The standard InChI is InChI=1S/C30H47ClN6O9P2/c1-28(2,3)45-48(39,46-29(4,5)6)18-47(38,40-15-11-14-32)41-17-21-23-24(44-30(7,8)43-23)22(42-21)20-16-33-26-25(34-19-12-9-10-13-19)35-27(31)36-37(20)26/h16,19,21-24H,9-13,15,17-18H2,1-8H3,(H,34,35,36)/t21-,22+,23-,24+,47?/m1/s1. The number of nitrogens with one attached hydrogen (secondary N) is 1. The van der Waals surface area contributed by atoms with Gasteiger partial charge in [0.15, 0.2) is 23.2 Å². The van der Waals surface area contributed by atoms with E-state index in [2.05, 4.69) is 20.4 Å². The van der Waals surface area contributed by atoms with Crippen LogP contribution in [0.5, 0.6) is 0 Å². The van der Waals surface area contributed by atoms with E-state index in [-0.39, 0.29) is 31.0 Å². The van der Waals surface area contributed by atoms with Gasteiger partial charge in [0.25, 0.3) is 0 Å². The Morgan fingerprint density at radius 3 is 2.33 bits per heavy atom. The molecule has 1 aliphatic carbocycles. The lowest BCUT2D eigenvalue weighted by molar-refractivity contribution is -0.191. The number of nitriles is 1. The maximum atomic E-state index is 14.3. The summed E-state index contributed by atoms with van der Waals surface area (Å²) in [7, 11) is -8.29. The molecule has 1 N–H and O–H groups in total. The van der Waals surface area contributed by atoms with Crippen LogP contribution in [0.1, 0.15) is 99.3 Å². The van der Waals surface area contributed by atoms with Crippen LogP contribution >= 0.6 is 26.8 Å². The smallest absolute Gasteiger partial charge is 0.343 e. The van der Waals surface area contributed by atoms with E-state index in [0.29, 0.717) is 17.2 Å². The number of nitrogens with zero attached hydrogens (tertiary/aromatic N) is 5. The first-order chi connectivity index (χ1) is 22.3. The first kappa shape index (κ1) is 37.6. The number of hydrogen-bond acceptors (Lipinski definition) is 14. The number of anilines is 1. The van der Waals surface area contributed by atoms with Gasteiger partial charge in [-0.05, 0) is 79.8 Å². The highest BCUT2D eigenvalue weighted by molar-refractivity contribution is 7.71. The lowest BCUT2D eigenvalue weighted by Crippen LogP contribution is -2.33. The van der Waals surface area contributed by atoms with Crippen molar-refractivity contribution in [3.05, 3.63) is 17.2 Å². The van der Waals surface area contributed by atoms with Crippen LogP contribution in [-0.2, 0) is 41.4 Å². The van der Waals surface area contributed by atoms with E-state index >= 15 is 0 Å². The zero-order valence-corrected chi connectivity index (χ0v) is 31.3. The average Bonchev–Trinajstić information content (AvgIpc) is 3.70. The van der Waals surface area contributed by atoms with E-state index in [4.69, 9.17) is 49.2 Å². The molecule has 5 rings (SSSR count). The zero-order chi connectivity index (χ0) is 35.1. The molecule has 1 unspecified atom stereocenters. The first-order valence-electron chi connectivity index (χ1n) is 16.2. The van der Waals surface area contributed by atoms with Crippen molar-refractivity contribution in [1.82, 2.24) is 19.6 Å². The van der Waals surface area contributed by atoms with Gasteiger partial charge in [0.2, 0.25) is 5.28 Å². The molecule has 2 aliphatic heterocycles. The summed E-state index contributed by atoms with van der Waals surface area (Å²) in [5.41, 5.74) is -0.761. The Morgan fingerprint density at radius 2 is 1.71 bits per heavy atom. The van der Waals surface area contributed by atoms with Gasteiger partial charge in [0.1, 0.15) is 24.4 Å². The van der Waals surface area contributed by atoms with Crippen LogP contribution in [0.3, 0.4) is 0 Å².